The zero-order valence-electron chi connectivity index (χ0n) is 19.9. The van der Waals surface area contributed by atoms with Gasteiger partial charge in [-0.1, -0.05) is 42.4 Å². The molecule has 0 aliphatic heterocycles. The summed E-state index contributed by atoms with van der Waals surface area (Å²) in [5.41, 5.74) is 1.14. The Kier molecular flexibility index (Phi) is 8.32. The zero-order chi connectivity index (χ0) is 25.7. The number of hydrogen-bond acceptors (Lipinski definition) is 8. The Morgan fingerprint density at radius 1 is 1.11 bits per heavy atom. The molecule has 3 aromatic rings. The molecule has 190 valence electrons. The predicted molar refractivity (Wildman–Crippen MR) is 143 cm³/mol. The van der Waals surface area contributed by atoms with Gasteiger partial charge in [0.1, 0.15) is 9.96 Å². The number of aromatic nitrogens is 1. The van der Waals surface area contributed by atoms with Crippen LogP contribution < -0.4 is 15.4 Å². The van der Waals surface area contributed by atoms with Gasteiger partial charge < -0.3 is 10.1 Å². The third-order valence-electron chi connectivity index (χ3n) is 5.80. The maximum absolute atomic E-state index is 13.1. The van der Waals surface area contributed by atoms with E-state index in [1.807, 2.05) is 30.3 Å². The lowest BCUT2D eigenvalue weighted by Crippen LogP contribution is -2.22. The summed E-state index contributed by atoms with van der Waals surface area (Å²) >= 11 is 2.37. The van der Waals surface area contributed by atoms with E-state index in [1.165, 1.54) is 18.9 Å². The molecule has 36 heavy (non-hydrogen) atoms. The number of carbonyl (C=O) groups excluding carboxylic acids is 2. The standard InChI is InChI=1S/C25H27N3O5S3/c1-33-17-12-13-20(19(14-17)22(29)16-8-6-7-9-16)26-24(30)28-25-27-21(23(35-25)36(2,31)32)15-34-18-10-4-3-5-11-18/h3-5,10-14,16H,6-9,15H2,1-2H3,(H2,26,27,28,30). The van der Waals surface area contributed by atoms with Crippen LogP contribution >= 0.6 is 23.1 Å². The van der Waals surface area contributed by atoms with E-state index in [4.69, 9.17) is 4.74 Å². The van der Waals surface area contributed by atoms with Crippen molar-refractivity contribution in [2.45, 2.75) is 40.5 Å². The molecule has 0 radical (unpaired) electrons. The lowest BCUT2D eigenvalue weighted by atomic mass is 9.95. The molecule has 0 bridgehead atoms. The topological polar surface area (TPSA) is 114 Å². The number of ether oxygens (including phenoxy) is 1. The van der Waals surface area contributed by atoms with Crippen molar-refractivity contribution >= 4 is 55.6 Å². The molecule has 1 saturated carbocycles. The molecule has 2 amide bonds. The quantitative estimate of drug-likeness (QED) is 0.255. The molecule has 0 spiro atoms. The summed E-state index contributed by atoms with van der Waals surface area (Å²) in [6.07, 6.45) is 4.82. The molecule has 1 aliphatic carbocycles. The minimum atomic E-state index is -3.53. The van der Waals surface area contributed by atoms with E-state index in [-0.39, 0.29) is 21.0 Å². The monoisotopic (exact) mass is 545 g/mol. The number of anilines is 2. The van der Waals surface area contributed by atoms with Crippen molar-refractivity contribution in [1.82, 2.24) is 4.98 Å². The van der Waals surface area contributed by atoms with E-state index in [0.29, 0.717) is 28.4 Å². The summed E-state index contributed by atoms with van der Waals surface area (Å²) in [5, 5.41) is 5.51. The molecule has 1 aromatic heterocycles. The maximum Gasteiger partial charge on any atom is 0.325 e. The van der Waals surface area contributed by atoms with Crippen molar-refractivity contribution in [2.24, 2.45) is 5.92 Å². The van der Waals surface area contributed by atoms with Crippen LogP contribution in [0.2, 0.25) is 0 Å². The number of nitrogens with zero attached hydrogens (tertiary/aromatic N) is 1. The summed E-state index contributed by atoms with van der Waals surface area (Å²) < 4.78 is 30.1. The predicted octanol–water partition coefficient (Wildman–Crippen LogP) is 5.86. The minimum absolute atomic E-state index is 0.0180. The Balaban J connectivity index is 1.51. The first-order valence-electron chi connectivity index (χ1n) is 11.4. The van der Waals surface area contributed by atoms with Gasteiger partial charge in [-0.3, -0.25) is 10.1 Å². The molecular formula is C25H27N3O5S3. The molecule has 2 aromatic carbocycles. The van der Waals surface area contributed by atoms with Crippen LogP contribution in [-0.2, 0) is 15.6 Å². The fraction of sp³-hybridized carbons (Fsp3) is 0.320. The van der Waals surface area contributed by atoms with Crippen LogP contribution in [0.3, 0.4) is 0 Å². The second-order valence-electron chi connectivity index (χ2n) is 8.46. The van der Waals surface area contributed by atoms with Gasteiger partial charge in [0.05, 0.1) is 18.5 Å². The summed E-state index contributed by atoms with van der Waals surface area (Å²) in [6.45, 7) is 0. The normalized spacial score (nSPS) is 13.9. The Morgan fingerprint density at radius 2 is 1.83 bits per heavy atom. The number of rotatable bonds is 9. The maximum atomic E-state index is 13.1. The summed E-state index contributed by atoms with van der Waals surface area (Å²) in [4.78, 5) is 31.3. The van der Waals surface area contributed by atoms with Gasteiger partial charge in [0.25, 0.3) is 0 Å². The van der Waals surface area contributed by atoms with E-state index < -0.39 is 15.9 Å². The highest BCUT2D eigenvalue weighted by Gasteiger charge is 2.27. The number of sulfone groups is 1. The SMILES string of the molecule is COc1ccc(NC(=O)Nc2nc(CSc3ccccc3)c(S(C)(=O)=O)s2)c(C(=O)C2CCCC2)c1. The number of urea groups is 1. The summed E-state index contributed by atoms with van der Waals surface area (Å²) in [6, 6.07) is 13.9. The smallest absolute Gasteiger partial charge is 0.325 e. The van der Waals surface area contributed by atoms with E-state index in [9.17, 15) is 18.0 Å². The van der Waals surface area contributed by atoms with Crippen molar-refractivity contribution in [3.05, 3.63) is 59.8 Å². The number of amides is 2. The molecule has 0 unspecified atom stereocenters. The molecule has 2 N–H and O–H groups in total. The molecule has 1 heterocycles. The number of Topliss-reactive ketones (excluding diaryl/α,β-unsaturated/α-hetero) is 1. The number of thioether (sulfide) groups is 1. The largest absolute Gasteiger partial charge is 0.497 e. The molecule has 0 saturated heterocycles. The van der Waals surface area contributed by atoms with E-state index in [2.05, 4.69) is 15.6 Å². The highest BCUT2D eigenvalue weighted by molar-refractivity contribution is 7.98. The lowest BCUT2D eigenvalue weighted by molar-refractivity contribution is 0.0923. The van der Waals surface area contributed by atoms with E-state index >= 15 is 0 Å². The molecule has 4 rings (SSSR count). The third kappa shape index (κ3) is 6.45. The fourth-order valence-electron chi connectivity index (χ4n) is 4.06. The lowest BCUT2D eigenvalue weighted by Gasteiger charge is -2.15. The number of benzene rings is 2. The Labute approximate surface area is 218 Å². The first-order valence-corrected chi connectivity index (χ1v) is 15.1. The number of methoxy groups -OCH3 is 1. The van der Waals surface area contributed by atoms with Crippen LogP contribution in [-0.4, -0.2) is 38.6 Å². The van der Waals surface area contributed by atoms with Crippen LogP contribution in [0.4, 0.5) is 15.6 Å². The van der Waals surface area contributed by atoms with E-state index in [1.54, 1.807) is 18.2 Å². The average molecular weight is 546 g/mol. The van der Waals surface area contributed by atoms with Gasteiger partial charge >= 0.3 is 6.03 Å². The van der Waals surface area contributed by atoms with Crippen molar-refractivity contribution in [1.29, 1.82) is 0 Å². The van der Waals surface area contributed by atoms with Crippen molar-refractivity contribution in [3.8, 4) is 5.75 Å². The van der Waals surface area contributed by atoms with Gasteiger partial charge in [0, 0.05) is 28.4 Å². The molecule has 0 atom stereocenters. The van der Waals surface area contributed by atoms with E-state index in [0.717, 1.165) is 48.2 Å². The first-order chi connectivity index (χ1) is 17.2. The number of ketones is 1. The van der Waals surface area contributed by atoms with Gasteiger partial charge in [0.15, 0.2) is 20.8 Å². The van der Waals surface area contributed by atoms with Crippen LogP contribution in [0.1, 0.15) is 41.7 Å². The Morgan fingerprint density at radius 3 is 2.50 bits per heavy atom. The first kappa shape index (κ1) is 26.2. The number of carbonyl (C=O) groups is 2. The van der Waals surface area contributed by atoms with Crippen LogP contribution in [0.5, 0.6) is 5.75 Å². The van der Waals surface area contributed by atoms with Gasteiger partial charge in [-0.05, 0) is 43.2 Å². The van der Waals surface area contributed by atoms with Gasteiger partial charge in [-0.2, -0.15) is 0 Å². The number of nitrogens with one attached hydrogen (secondary N) is 2. The zero-order valence-corrected chi connectivity index (χ0v) is 22.4. The Bertz CT molecular complexity index is 1350. The molecule has 8 nitrogen and oxygen atoms in total. The van der Waals surface area contributed by atoms with Gasteiger partial charge in [-0.25, -0.2) is 18.2 Å². The van der Waals surface area contributed by atoms with Crippen molar-refractivity contribution < 1.29 is 22.7 Å². The summed E-state index contributed by atoms with van der Waals surface area (Å²) in [7, 11) is -2.01. The number of thiazole rings is 1. The van der Waals surface area contributed by atoms with Crippen molar-refractivity contribution in [3.63, 3.8) is 0 Å². The molecule has 11 heteroatoms. The third-order valence-corrected chi connectivity index (χ3v) is 9.70. The number of hydrogen-bond donors (Lipinski definition) is 2. The second kappa shape index (κ2) is 11.4. The molecule has 1 fully saturated rings. The molecule has 1 aliphatic rings. The van der Waals surface area contributed by atoms with Gasteiger partial charge in [-0.15, -0.1) is 11.8 Å². The van der Waals surface area contributed by atoms with Crippen LogP contribution in [0.25, 0.3) is 0 Å². The van der Waals surface area contributed by atoms with Crippen LogP contribution in [0.15, 0.2) is 57.6 Å². The summed E-state index contributed by atoms with van der Waals surface area (Å²) in [5.74, 6) is 0.780. The van der Waals surface area contributed by atoms with Gasteiger partial charge in [0.2, 0.25) is 0 Å². The second-order valence-corrected chi connectivity index (χ2v) is 12.7. The highest BCUT2D eigenvalue weighted by Crippen LogP contribution is 2.34. The minimum Gasteiger partial charge on any atom is -0.497 e. The molecular weight excluding hydrogens is 518 g/mol. The van der Waals surface area contributed by atoms with Crippen LogP contribution in [0, 0.1) is 5.92 Å². The highest BCUT2D eigenvalue weighted by atomic mass is 32.2. The fourth-order valence-corrected chi connectivity index (χ4v) is 7.21. The van der Waals surface area contributed by atoms with Crippen molar-refractivity contribution in [2.75, 3.05) is 24.0 Å². The Hall–Kier alpha value is -2.89. The average Bonchev–Trinajstić information content (AvgIpc) is 3.53.